The number of benzene rings is 2. The molecular formula is C22H22N4O4S2. The molecule has 0 aliphatic heterocycles. The van der Waals surface area contributed by atoms with Crippen LogP contribution in [0.15, 0.2) is 107 Å². The van der Waals surface area contributed by atoms with Gasteiger partial charge in [0.25, 0.3) is 10.0 Å². The van der Waals surface area contributed by atoms with Crippen LogP contribution in [-0.4, -0.2) is 26.4 Å². The van der Waals surface area contributed by atoms with Gasteiger partial charge in [-0.1, -0.05) is 36.4 Å². The Bertz CT molecular complexity index is 1370. The van der Waals surface area contributed by atoms with Crippen molar-refractivity contribution in [3.05, 3.63) is 103 Å². The van der Waals surface area contributed by atoms with Crippen LogP contribution in [0.25, 0.3) is 5.69 Å². The van der Waals surface area contributed by atoms with Gasteiger partial charge in [0.1, 0.15) is 5.82 Å². The van der Waals surface area contributed by atoms with Gasteiger partial charge in [-0.2, -0.15) is 0 Å². The minimum Gasteiger partial charge on any atom is -0.300 e. The summed E-state index contributed by atoms with van der Waals surface area (Å²) < 4.78 is 50.6. The van der Waals surface area contributed by atoms with Gasteiger partial charge in [-0.25, -0.2) is 22.0 Å². The summed E-state index contributed by atoms with van der Waals surface area (Å²) in [7, 11) is -7.12. The zero-order valence-corrected chi connectivity index (χ0v) is 18.8. The van der Waals surface area contributed by atoms with Crippen LogP contribution in [0, 0.1) is 6.92 Å². The van der Waals surface area contributed by atoms with Gasteiger partial charge in [-0.05, 0) is 55.5 Å². The molecule has 166 valence electrons. The molecule has 4 rings (SSSR count). The van der Waals surface area contributed by atoms with Crippen molar-refractivity contribution in [2.75, 3.05) is 4.72 Å². The number of anilines is 1. The van der Waals surface area contributed by atoms with E-state index >= 15 is 0 Å². The van der Waals surface area contributed by atoms with E-state index in [4.69, 9.17) is 5.14 Å². The maximum Gasteiger partial charge on any atom is 0.263 e. The molecule has 0 saturated carbocycles. The Morgan fingerprint density at radius 3 is 1.78 bits per heavy atom. The van der Waals surface area contributed by atoms with Gasteiger partial charge in [0, 0.05) is 18.1 Å². The lowest BCUT2D eigenvalue weighted by Crippen LogP contribution is -2.15. The maximum absolute atomic E-state index is 12.5. The molecule has 2 aromatic carbocycles. The molecule has 2 heterocycles. The number of aromatic nitrogens is 2. The summed E-state index contributed by atoms with van der Waals surface area (Å²) in [6, 6.07) is 23.5. The average Bonchev–Trinajstić information content (AvgIpc) is 3.14. The molecule has 0 fully saturated rings. The summed E-state index contributed by atoms with van der Waals surface area (Å²) in [4.78, 5) is 4.36. The number of aryl methyl sites for hydroxylation is 1. The number of hydrogen-bond acceptors (Lipinski definition) is 5. The topological polar surface area (TPSA) is 124 Å². The van der Waals surface area contributed by atoms with Crippen molar-refractivity contribution >= 4 is 25.9 Å². The highest BCUT2D eigenvalue weighted by Gasteiger charge is 2.17. The number of pyridine rings is 1. The van der Waals surface area contributed by atoms with Crippen molar-refractivity contribution in [3.63, 3.8) is 0 Å². The zero-order valence-electron chi connectivity index (χ0n) is 17.2. The Hall–Kier alpha value is -3.47. The van der Waals surface area contributed by atoms with Crippen molar-refractivity contribution in [2.24, 2.45) is 5.14 Å². The highest BCUT2D eigenvalue weighted by Crippen LogP contribution is 2.23. The van der Waals surface area contributed by atoms with E-state index in [-0.39, 0.29) is 9.79 Å². The summed E-state index contributed by atoms with van der Waals surface area (Å²) in [6.45, 7) is 1.92. The number of primary sulfonamides is 1. The second-order valence-corrected chi connectivity index (χ2v) is 9.92. The first-order valence-corrected chi connectivity index (χ1v) is 12.5. The molecule has 0 bridgehead atoms. The molecule has 0 saturated heterocycles. The van der Waals surface area contributed by atoms with E-state index in [1.54, 1.807) is 67.0 Å². The number of nitrogens with zero attached hydrogens (tertiary/aromatic N) is 2. The van der Waals surface area contributed by atoms with E-state index < -0.39 is 20.0 Å². The Kier molecular flexibility index (Phi) is 7.08. The lowest BCUT2D eigenvalue weighted by Gasteiger charge is -2.13. The SMILES string of the molecule is Cc1ccc(NS(=O)(=O)c2ccccc2)n1-c1ccncc1.NS(=O)(=O)c1ccccc1. The Labute approximate surface area is 187 Å². The van der Waals surface area contributed by atoms with Gasteiger partial charge in [0.05, 0.1) is 15.5 Å². The highest BCUT2D eigenvalue weighted by molar-refractivity contribution is 7.92. The van der Waals surface area contributed by atoms with Gasteiger partial charge >= 0.3 is 0 Å². The molecule has 0 atom stereocenters. The third-order valence-corrected chi connectivity index (χ3v) is 6.66. The second kappa shape index (κ2) is 9.77. The number of hydrogen-bond donors (Lipinski definition) is 2. The van der Waals surface area contributed by atoms with E-state index in [1.807, 2.05) is 29.7 Å². The fourth-order valence-electron chi connectivity index (χ4n) is 2.86. The number of rotatable bonds is 5. The molecule has 4 aromatic rings. The van der Waals surface area contributed by atoms with Crippen molar-refractivity contribution < 1.29 is 16.8 Å². The lowest BCUT2D eigenvalue weighted by atomic mass is 10.4. The number of nitrogens with one attached hydrogen (secondary N) is 1. The quantitative estimate of drug-likeness (QED) is 0.463. The Morgan fingerprint density at radius 1 is 0.750 bits per heavy atom. The molecule has 8 nitrogen and oxygen atoms in total. The minimum atomic E-state index is -3.62. The predicted molar refractivity (Wildman–Crippen MR) is 123 cm³/mol. The molecule has 0 radical (unpaired) electrons. The first-order valence-electron chi connectivity index (χ1n) is 9.43. The van der Waals surface area contributed by atoms with E-state index in [0.29, 0.717) is 5.82 Å². The van der Waals surface area contributed by atoms with E-state index in [1.165, 1.54) is 12.1 Å². The molecule has 3 N–H and O–H groups in total. The van der Waals surface area contributed by atoms with Crippen molar-refractivity contribution in [1.82, 2.24) is 9.55 Å². The standard InChI is InChI=1S/C16H15N3O2S.C6H7NO2S/c1-13-7-8-16(19(13)14-9-11-17-12-10-14)18-22(20,21)15-5-3-2-4-6-15;7-10(8,9)6-4-2-1-3-5-6/h2-12,18H,1H3;1-5H,(H2,7,8,9). The fourth-order valence-corrected chi connectivity index (χ4v) is 4.46. The van der Waals surface area contributed by atoms with Gasteiger partial charge in [0.15, 0.2) is 0 Å². The predicted octanol–water partition coefficient (Wildman–Crippen LogP) is 3.32. The summed E-state index contributed by atoms with van der Waals surface area (Å²) in [6.07, 6.45) is 3.34. The van der Waals surface area contributed by atoms with E-state index in [2.05, 4.69) is 9.71 Å². The van der Waals surface area contributed by atoms with Crippen LogP contribution in [0.3, 0.4) is 0 Å². The van der Waals surface area contributed by atoms with Gasteiger partial charge in [0.2, 0.25) is 10.0 Å². The molecule has 32 heavy (non-hydrogen) atoms. The normalized spacial score (nSPS) is 11.3. The first-order chi connectivity index (χ1) is 15.2. The molecule has 0 aliphatic carbocycles. The summed E-state index contributed by atoms with van der Waals surface area (Å²) in [5.74, 6) is 0.493. The number of nitrogens with two attached hydrogens (primary N) is 1. The second-order valence-electron chi connectivity index (χ2n) is 6.68. The Morgan fingerprint density at radius 2 is 1.28 bits per heavy atom. The lowest BCUT2D eigenvalue weighted by molar-refractivity contribution is 0.597. The van der Waals surface area contributed by atoms with Gasteiger partial charge in [-0.15, -0.1) is 0 Å². The molecule has 0 amide bonds. The third-order valence-electron chi connectivity index (χ3n) is 4.36. The van der Waals surface area contributed by atoms with Gasteiger partial charge < -0.3 is 4.57 Å². The average molecular weight is 471 g/mol. The van der Waals surface area contributed by atoms with Crippen LogP contribution >= 0.6 is 0 Å². The molecule has 0 aliphatic rings. The highest BCUT2D eigenvalue weighted by atomic mass is 32.2. The van der Waals surface area contributed by atoms with Crippen LogP contribution in [-0.2, 0) is 20.0 Å². The van der Waals surface area contributed by atoms with E-state index in [9.17, 15) is 16.8 Å². The summed E-state index contributed by atoms with van der Waals surface area (Å²) in [5.41, 5.74) is 1.78. The van der Waals surface area contributed by atoms with Crippen LogP contribution in [0.4, 0.5) is 5.82 Å². The molecule has 2 aromatic heterocycles. The van der Waals surface area contributed by atoms with Crippen LogP contribution in [0.2, 0.25) is 0 Å². The zero-order chi connectivity index (χ0) is 23.2. The molecule has 0 unspecified atom stereocenters. The molecule has 0 spiro atoms. The van der Waals surface area contributed by atoms with Crippen LogP contribution in [0.5, 0.6) is 0 Å². The number of sulfonamides is 2. The van der Waals surface area contributed by atoms with Crippen molar-refractivity contribution in [1.29, 1.82) is 0 Å². The fraction of sp³-hybridized carbons (Fsp3) is 0.0455. The van der Waals surface area contributed by atoms with Crippen molar-refractivity contribution in [3.8, 4) is 5.69 Å². The maximum atomic E-state index is 12.5. The Balaban J connectivity index is 0.000000243. The van der Waals surface area contributed by atoms with Crippen LogP contribution < -0.4 is 9.86 Å². The third kappa shape index (κ3) is 5.82. The molecular weight excluding hydrogens is 448 g/mol. The smallest absolute Gasteiger partial charge is 0.263 e. The monoisotopic (exact) mass is 470 g/mol. The van der Waals surface area contributed by atoms with Gasteiger partial charge in [-0.3, -0.25) is 9.71 Å². The van der Waals surface area contributed by atoms with Crippen LogP contribution in [0.1, 0.15) is 5.69 Å². The van der Waals surface area contributed by atoms with Crippen molar-refractivity contribution in [2.45, 2.75) is 16.7 Å². The van der Waals surface area contributed by atoms with E-state index in [0.717, 1.165) is 11.4 Å². The largest absolute Gasteiger partial charge is 0.300 e. The minimum absolute atomic E-state index is 0.148. The molecule has 10 heteroatoms. The summed E-state index contributed by atoms with van der Waals surface area (Å²) >= 11 is 0. The summed E-state index contributed by atoms with van der Waals surface area (Å²) in [5, 5.41) is 4.83. The first kappa shape index (κ1) is 23.2.